The standard InChI is InChI=1S/2C25H25OSi.Cu.Li/c2*1-2-3-4-14-21-25(26)27(22-15-8-5-9-16-22,23-17-10-6-11-18-23)24-19-12-7-13-20-24;;/h2*5-20H,2-4H2,1H3;;/q2*-1;2*+1. The van der Waals surface area contributed by atoms with Crippen LogP contribution in [0.3, 0.4) is 0 Å². The number of rotatable bonds is 16. The van der Waals surface area contributed by atoms with Gasteiger partial charge in [-0.1, -0.05) is 234 Å². The Balaban J connectivity index is 0.000000290. The van der Waals surface area contributed by atoms with Gasteiger partial charge in [-0.25, -0.2) is 0 Å². The fraction of sp³-hybridized carbons (Fsp3) is 0.160. The van der Waals surface area contributed by atoms with Gasteiger partial charge in [-0.2, -0.15) is 0 Å². The third-order valence-electron chi connectivity index (χ3n) is 9.79. The molecule has 2 nitrogen and oxygen atoms in total. The normalized spacial score (nSPS) is 11.2. The number of unbranched alkanes of at least 4 members (excludes halogenated alkanes) is 4. The fourth-order valence-electron chi connectivity index (χ4n) is 7.07. The van der Waals surface area contributed by atoms with E-state index in [9.17, 15) is 9.59 Å². The van der Waals surface area contributed by atoms with Crippen LogP contribution >= 0.6 is 0 Å². The minimum absolute atomic E-state index is 0. The van der Waals surface area contributed by atoms with Crippen molar-refractivity contribution < 1.29 is 45.5 Å². The van der Waals surface area contributed by atoms with Crippen molar-refractivity contribution in [3.63, 3.8) is 0 Å². The molecule has 0 unspecified atom stereocenters. The largest absolute Gasteiger partial charge is 1.00 e. The van der Waals surface area contributed by atoms with E-state index in [0.29, 0.717) is 0 Å². The van der Waals surface area contributed by atoms with E-state index in [0.717, 1.165) is 69.6 Å². The van der Waals surface area contributed by atoms with Crippen LogP contribution in [0.25, 0.3) is 0 Å². The van der Waals surface area contributed by atoms with Crippen LogP contribution in [0, 0.1) is 12.2 Å². The van der Waals surface area contributed by atoms with Crippen LogP contribution in [0.2, 0.25) is 0 Å². The molecule has 0 saturated carbocycles. The summed E-state index contributed by atoms with van der Waals surface area (Å²) in [5, 5.41) is 6.83. The molecule has 0 atom stereocenters. The third kappa shape index (κ3) is 11.0. The van der Waals surface area contributed by atoms with Crippen LogP contribution in [-0.4, -0.2) is 27.0 Å². The Morgan fingerprint density at radius 3 is 0.786 bits per heavy atom. The zero-order valence-corrected chi connectivity index (χ0v) is 35.8. The van der Waals surface area contributed by atoms with Crippen LogP contribution in [0.5, 0.6) is 0 Å². The van der Waals surface area contributed by atoms with E-state index in [1.54, 1.807) is 0 Å². The summed E-state index contributed by atoms with van der Waals surface area (Å²) in [6.07, 6.45) is 16.3. The van der Waals surface area contributed by atoms with Crippen LogP contribution in [0.15, 0.2) is 194 Å². The molecular formula is C50H50CuLiO2Si2. The molecule has 6 aromatic rings. The topological polar surface area (TPSA) is 34.1 Å². The van der Waals surface area contributed by atoms with Crippen molar-refractivity contribution in [2.24, 2.45) is 0 Å². The Morgan fingerprint density at radius 2 is 0.607 bits per heavy atom. The van der Waals surface area contributed by atoms with E-state index in [2.05, 4.69) is 98.8 Å². The molecule has 6 heteroatoms. The molecule has 0 heterocycles. The monoisotopic (exact) mass is 808 g/mol. The van der Waals surface area contributed by atoms with Gasteiger partial charge in [0, 0.05) is 0 Å². The number of allylic oxidation sites excluding steroid dienone is 4. The predicted octanol–water partition coefficient (Wildman–Crippen LogP) is 4.63. The van der Waals surface area contributed by atoms with Gasteiger partial charge in [0.05, 0.1) is 0 Å². The van der Waals surface area contributed by atoms with Crippen molar-refractivity contribution in [3.8, 4) is 0 Å². The fourth-order valence-corrected chi connectivity index (χ4v) is 15.4. The van der Waals surface area contributed by atoms with Crippen molar-refractivity contribution in [2.75, 3.05) is 0 Å². The van der Waals surface area contributed by atoms with Crippen molar-refractivity contribution >= 4 is 58.1 Å². The van der Waals surface area contributed by atoms with Crippen molar-refractivity contribution in [3.05, 3.63) is 206 Å². The quantitative estimate of drug-likeness (QED) is 0.0471. The molecule has 6 rings (SSSR count). The van der Waals surface area contributed by atoms with E-state index < -0.39 is 16.1 Å². The van der Waals surface area contributed by atoms with Crippen molar-refractivity contribution in [1.29, 1.82) is 0 Å². The Kier molecular flexibility index (Phi) is 20.0. The summed E-state index contributed by atoms with van der Waals surface area (Å²) in [4.78, 5) is 27.5. The summed E-state index contributed by atoms with van der Waals surface area (Å²) in [7, 11) is -5.74. The smallest absolute Gasteiger partial charge is 0.434 e. The molecule has 0 amide bonds. The van der Waals surface area contributed by atoms with E-state index in [-0.39, 0.29) is 46.7 Å². The molecular weight excluding hydrogens is 759 g/mol. The first-order chi connectivity index (χ1) is 26.6. The first-order valence-corrected chi connectivity index (χ1v) is 23.2. The zero-order valence-electron chi connectivity index (χ0n) is 32.8. The van der Waals surface area contributed by atoms with Crippen LogP contribution in [0.4, 0.5) is 0 Å². The van der Waals surface area contributed by atoms with Crippen LogP contribution in [-0.2, 0) is 26.7 Å². The first kappa shape index (κ1) is 46.1. The minimum atomic E-state index is -2.87. The third-order valence-corrected chi connectivity index (χ3v) is 18.6. The van der Waals surface area contributed by atoms with E-state index >= 15 is 0 Å². The van der Waals surface area contributed by atoms with Gasteiger partial charge in [0.25, 0.3) is 0 Å². The SMILES string of the molecule is CCCCC=[C-]C(=O)[Si](c1ccccc1)(c1ccccc1)c1ccccc1.CCCCC=[C-]C(=O)[Si](c1ccccc1)(c1ccccc1)c1ccccc1.[Cu+].[Li+]. The van der Waals surface area contributed by atoms with Gasteiger partial charge in [0.15, 0.2) is 16.1 Å². The van der Waals surface area contributed by atoms with Gasteiger partial charge in [0.1, 0.15) is 0 Å². The average molecular weight is 810 g/mol. The number of carbonyl (C=O) groups is 2. The second-order valence-corrected chi connectivity index (χ2v) is 20.7. The van der Waals surface area contributed by atoms with Gasteiger partial charge in [-0.15, -0.1) is 0 Å². The van der Waals surface area contributed by atoms with Crippen molar-refractivity contribution in [1.82, 2.24) is 0 Å². The molecule has 0 aromatic heterocycles. The molecule has 6 aromatic carbocycles. The van der Waals surface area contributed by atoms with Gasteiger partial charge >= 0.3 is 35.9 Å². The maximum Gasteiger partial charge on any atom is 1.00 e. The summed E-state index contributed by atoms with van der Waals surface area (Å²) in [5.41, 5.74) is 0. The Morgan fingerprint density at radius 1 is 0.411 bits per heavy atom. The molecule has 0 aliphatic rings. The molecule has 0 aliphatic carbocycles. The predicted molar refractivity (Wildman–Crippen MR) is 233 cm³/mol. The second-order valence-electron chi connectivity index (χ2n) is 13.3. The maximum atomic E-state index is 13.7. The maximum absolute atomic E-state index is 13.7. The average Bonchev–Trinajstić information content (AvgIpc) is 3.24. The molecule has 0 fully saturated rings. The van der Waals surface area contributed by atoms with Gasteiger partial charge < -0.3 is 21.7 Å². The van der Waals surface area contributed by atoms with E-state index in [4.69, 9.17) is 0 Å². The summed E-state index contributed by atoms with van der Waals surface area (Å²) < 4.78 is 0. The Bertz CT molecular complexity index is 1710. The van der Waals surface area contributed by atoms with Crippen LogP contribution in [0.1, 0.15) is 52.4 Å². The first-order valence-electron chi connectivity index (χ1n) is 19.2. The summed E-state index contributed by atoms with van der Waals surface area (Å²) in [6, 6.07) is 61.5. The Hall–Kier alpha value is -4.31. The summed E-state index contributed by atoms with van der Waals surface area (Å²) >= 11 is 0. The molecule has 282 valence electrons. The molecule has 0 aliphatic heterocycles. The Labute approximate surface area is 359 Å². The molecule has 0 radical (unpaired) electrons. The molecule has 0 bridgehead atoms. The van der Waals surface area contributed by atoms with Gasteiger partial charge in [-0.3, -0.25) is 12.2 Å². The molecule has 0 saturated heterocycles. The number of hydrogen-bond donors (Lipinski definition) is 0. The number of carbonyl (C=O) groups excluding carboxylic acids is 2. The number of benzene rings is 6. The van der Waals surface area contributed by atoms with Gasteiger partial charge in [-0.05, 0) is 41.9 Å². The molecule has 0 N–H and O–H groups in total. The van der Waals surface area contributed by atoms with Crippen LogP contribution < -0.4 is 50.0 Å². The summed E-state index contributed by atoms with van der Waals surface area (Å²) in [6.45, 7) is 4.32. The molecule has 0 spiro atoms. The minimum Gasteiger partial charge on any atom is -0.434 e. The zero-order chi connectivity index (χ0) is 37.9. The van der Waals surface area contributed by atoms with Gasteiger partial charge in [0.2, 0.25) is 0 Å². The molecule has 56 heavy (non-hydrogen) atoms. The second kappa shape index (κ2) is 24.4. The van der Waals surface area contributed by atoms with Crippen molar-refractivity contribution in [2.45, 2.75) is 52.4 Å². The summed E-state index contributed by atoms with van der Waals surface area (Å²) in [5.74, 6) is 0. The number of hydrogen-bond acceptors (Lipinski definition) is 2. The van der Waals surface area contributed by atoms with E-state index in [1.165, 1.54) is 0 Å². The van der Waals surface area contributed by atoms with E-state index in [1.807, 2.05) is 121 Å².